The lowest BCUT2D eigenvalue weighted by atomic mass is 9.98. The zero-order valence-corrected chi connectivity index (χ0v) is 11.6. The quantitative estimate of drug-likeness (QED) is 0.844. The molecule has 1 aromatic carbocycles. The number of benzene rings is 1. The molecular formula is C16H21NO2. The van der Waals surface area contributed by atoms with Gasteiger partial charge in [0.1, 0.15) is 0 Å². The highest BCUT2D eigenvalue weighted by atomic mass is 16.4. The van der Waals surface area contributed by atoms with E-state index in [1.54, 1.807) is 6.08 Å². The Bertz CT molecular complexity index is 492. The molecule has 0 spiro atoms. The van der Waals surface area contributed by atoms with Crippen molar-refractivity contribution in [2.45, 2.75) is 26.7 Å². The summed E-state index contributed by atoms with van der Waals surface area (Å²) in [5.41, 5.74) is 3.61. The van der Waals surface area contributed by atoms with E-state index in [-0.39, 0.29) is 0 Å². The van der Waals surface area contributed by atoms with Gasteiger partial charge in [0.05, 0.1) is 0 Å². The van der Waals surface area contributed by atoms with E-state index in [1.807, 2.05) is 6.07 Å². The summed E-state index contributed by atoms with van der Waals surface area (Å²) in [6.45, 7) is 6.67. The summed E-state index contributed by atoms with van der Waals surface area (Å²) < 4.78 is 0. The van der Waals surface area contributed by atoms with Crippen molar-refractivity contribution in [3.63, 3.8) is 0 Å². The summed E-state index contributed by atoms with van der Waals surface area (Å²) in [7, 11) is 0. The molecule has 1 aromatic rings. The van der Waals surface area contributed by atoms with E-state index in [1.165, 1.54) is 23.7 Å². The molecule has 2 rings (SSSR count). The second-order valence-corrected chi connectivity index (χ2v) is 5.50. The van der Waals surface area contributed by atoms with Gasteiger partial charge >= 0.3 is 5.97 Å². The highest BCUT2D eigenvalue weighted by Gasteiger charge is 2.17. The Hall–Kier alpha value is -1.77. The van der Waals surface area contributed by atoms with E-state index >= 15 is 0 Å². The predicted molar refractivity (Wildman–Crippen MR) is 78.5 cm³/mol. The zero-order chi connectivity index (χ0) is 13.8. The third-order valence-corrected chi connectivity index (χ3v) is 3.32. The van der Waals surface area contributed by atoms with Crippen molar-refractivity contribution in [2.24, 2.45) is 5.92 Å². The van der Waals surface area contributed by atoms with Crippen LogP contribution < -0.4 is 4.90 Å². The molecule has 0 amide bonds. The van der Waals surface area contributed by atoms with Crippen LogP contribution in [0, 0.1) is 5.92 Å². The molecule has 3 heteroatoms. The number of hydrogen-bond acceptors (Lipinski definition) is 2. The molecule has 0 atom stereocenters. The molecule has 102 valence electrons. The van der Waals surface area contributed by atoms with E-state index in [2.05, 4.69) is 30.9 Å². The smallest absolute Gasteiger partial charge is 0.328 e. The minimum atomic E-state index is -0.904. The Labute approximate surface area is 114 Å². The van der Waals surface area contributed by atoms with Crippen LogP contribution in [-0.4, -0.2) is 24.2 Å². The minimum absolute atomic E-state index is 0.650. The Morgan fingerprint density at radius 1 is 1.47 bits per heavy atom. The van der Waals surface area contributed by atoms with Gasteiger partial charge < -0.3 is 10.0 Å². The van der Waals surface area contributed by atoms with E-state index < -0.39 is 5.97 Å². The van der Waals surface area contributed by atoms with E-state index in [0.717, 1.165) is 25.1 Å². The van der Waals surface area contributed by atoms with Gasteiger partial charge in [-0.1, -0.05) is 19.9 Å². The van der Waals surface area contributed by atoms with Crippen molar-refractivity contribution in [1.82, 2.24) is 0 Å². The molecular weight excluding hydrogens is 238 g/mol. The van der Waals surface area contributed by atoms with Crippen molar-refractivity contribution in [1.29, 1.82) is 0 Å². The standard InChI is InChI=1S/C16H21NO2/c1-12(2)11-17-9-3-4-14-10-13(5-7-15(14)17)6-8-16(18)19/h5-8,10,12H,3-4,9,11H2,1-2H3,(H,18,19). The molecule has 0 aliphatic carbocycles. The molecule has 0 unspecified atom stereocenters. The number of carboxylic acid groups (broad SMARTS) is 1. The van der Waals surface area contributed by atoms with Crippen molar-refractivity contribution in [3.05, 3.63) is 35.4 Å². The monoisotopic (exact) mass is 259 g/mol. The molecule has 3 nitrogen and oxygen atoms in total. The summed E-state index contributed by atoms with van der Waals surface area (Å²) in [5.74, 6) is -0.253. The molecule has 0 bridgehead atoms. The van der Waals surface area contributed by atoms with Crippen molar-refractivity contribution in [3.8, 4) is 0 Å². The maximum atomic E-state index is 10.5. The maximum absolute atomic E-state index is 10.5. The number of aryl methyl sites for hydroxylation is 1. The van der Waals surface area contributed by atoms with Gasteiger partial charge in [-0.05, 0) is 48.1 Å². The van der Waals surface area contributed by atoms with Crippen LogP contribution in [0.25, 0.3) is 6.08 Å². The third-order valence-electron chi connectivity index (χ3n) is 3.32. The molecule has 1 heterocycles. The normalized spacial score (nSPS) is 15.0. The predicted octanol–water partition coefficient (Wildman–Crippen LogP) is 3.19. The van der Waals surface area contributed by atoms with Gasteiger partial charge in [0, 0.05) is 24.9 Å². The minimum Gasteiger partial charge on any atom is -0.478 e. The van der Waals surface area contributed by atoms with E-state index in [0.29, 0.717) is 5.92 Å². The van der Waals surface area contributed by atoms with Crippen LogP contribution in [0.2, 0.25) is 0 Å². The van der Waals surface area contributed by atoms with Crippen LogP contribution in [0.5, 0.6) is 0 Å². The van der Waals surface area contributed by atoms with Crippen LogP contribution in [0.15, 0.2) is 24.3 Å². The fraction of sp³-hybridized carbons (Fsp3) is 0.438. The lowest BCUT2D eigenvalue weighted by Gasteiger charge is -2.32. The zero-order valence-electron chi connectivity index (χ0n) is 11.6. The number of hydrogen-bond donors (Lipinski definition) is 1. The fourth-order valence-corrected chi connectivity index (χ4v) is 2.60. The molecule has 1 aliphatic rings. The second-order valence-electron chi connectivity index (χ2n) is 5.50. The first kappa shape index (κ1) is 13.7. The number of nitrogens with zero attached hydrogens (tertiary/aromatic N) is 1. The number of fused-ring (bicyclic) bond motifs is 1. The van der Waals surface area contributed by atoms with Gasteiger partial charge in [-0.3, -0.25) is 0 Å². The molecule has 0 radical (unpaired) electrons. The number of rotatable bonds is 4. The molecule has 0 aromatic heterocycles. The SMILES string of the molecule is CC(C)CN1CCCc2cc(C=CC(=O)O)ccc21. The molecule has 0 saturated carbocycles. The first-order chi connectivity index (χ1) is 9.06. The van der Waals surface area contributed by atoms with Crippen molar-refractivity contribution < 1.29 is 9.90 Å². The molecule has 0 saturated heterocycles. The number of aliphatic carboxylic acids is 1. The van der Waals surface area contributed by atoms with Gasteiger partial charge in [0.2, 0.25) is 0 Å². The Morgan fingerprint density at radius 2 is 2.26 bits per heavy atom. The largest absolute Gasteiger partial charge is 0.478 e. The molecule has 1 aliphatic heterocycles. The summed E-state index contributed by atoms with van der Waals surface area (Å²) in [4.78, 5) is 13.0. The van der Waals surface area contributed by atoms with Crippen molar-refractivity contribution >= 4 is 17.7 Å². The van der Waals surface area contributed by atoms with E-state index in [4.69, 9.17) is 5.11 Å². The van der Waals surface area contributed by atoms with Gasteiger partial charge in [-0.2, -0.15) is 0 Å². The topological polar surface area (TPSA) is 40.5 Å². The van der Waals surface area contributed by atoms with E-state index in [9.17, 15) is 4.79 Å². The fourth-order valence-electron chi connectivity index (χ4n) is 2.60. The Balaban J connectivity index is 2.22. The van der Waals surface area contributed by atoms with Gasteiger partial charge in [0.25, 0.3) is 0 Å². The third kappa shape index (κ3) is 3.60. The second kappa shape index (κ2) is 5.91. The summed E-state index contributed by atoms with van der Waals surface area (Å²) in [6, 6.07) is 6.23. The number of carbonyl (C=O) groups is 1. The molecule has 1 N–H and O–H groups in total. The van der Waals surface area contributed by atoms with Crippen molar-refractivity contribution in [2.75, 3.05) is 18.0 Å². The number of anilines is 1. The molecule has 19 heavy (non-hydrogen) atoms. The highest BCUT2D eigenvalue weighted by Crippen LogP contribution is 2.29. The molecule has 0 fully saturated rings. The van der Waals surface area contributed by atoms with Crippen LogP contribution in [-0.2, 0) is 11.2 Å². The number of carboxylic acids is 1. The summed E-state index contributed by atoms with van der Waals surface area (Å²) in [6.07, 6.45) is 5.10. The van der Waals surface area contributed by atoms with Crippen LogP contribution in [0.3, 0.4) is 0 Å². The van der Waals surface area contributed by atoms with Gasteiger partial charge in [0.15, 0.2) is 0 Å². The summed E-state index contributed by atoms with van der Waals surface area (Å²) >= 11 is 0. The maximum Gasteiger partial charge on any atom is 0.328 e. The average Bonchev–Trinajstić information content (AvgIpc) is 2.35. The van der Waals surface area contributed by atoms with Gasteiger partial charge in [-0.15, -0.1) is 0 Å². The average molecular weight is 259 g/mol. The van der Waals surface area contributed by atoms with Crippen LogP contribution in [0.4, 0.5) is 5.69 Å². The summed E-state index contributed by atoms with van der Waals surface area (Å²) in [5, 5.41) is 8.66. The lowest BCUT2D eigenvalue weighted by Crippen LogP contribution is -2.32. The lowest BCUT2D eigenvalue weighted by molar-refractivity contribution is -0.131. The Morgan fingerprint density at radius 3 is 2.95 bits per heavy atom. The van der Waals surface area contributed by atoms with Crippen LogP contribution >= 0.6 is 0 Å². The first-order valence-electron chi connectivity index (χ1n) is 6.85. The highest BCUT2D eigenvalue weighted by molar-refractivity contribution is 5.85. The van der Waals surface area contributed by atoms with Gasteiger partial charge in [-0.25, -0.2) is 4.79 Å². The first-order valence-corrected chi connectivity index (χ1v) is 6.85. The van der Waals surface area contributed by atoms with Crippen LogP contribution in [0.1, 0.15) is 31.4 Å². The Kier molecular flexibility index (Phi) is 4.25.